The Morgan fingerprint density at radius 3 is 2.88 bits per heavy atom. The first-order chi connectivity index (χ1) is 16.2. The molecule has 0 unspecified atom stereocenters. The fraction of sp³-hybridized carbons (Fsp3) is 0.320. The molecule has 2 amide bonds. The molecule has 9 nitrogen and oxygen atoms in total. The average molecular weight is 459 g/mol. The van der Waals surface area contributed by atoms with Crippen molar-refractivity contribution in [2.24, 2.45) is 0 Å². The number of benzene rings is 1. The van der Waals surface area contributed by atoms with Gasteiger partial charge in [-0.05, 0) is 62.1 Å². The van der Waals surface area contributed by atoms with Crippen LogP contribution < -0.4 is 10.2 Å². The number of anilines is 1. The third-order valence-electron chi connectivity index (χ3n) is 5.45. The van der Waals surface area contributed by atoms with E-state index in [4.69, 9.17) is 0 Å². The second kappa shape index (κ2) is 9.45. The predicted octanol–water partition coefficient (Wildman–Crippen LogP) is 1.92. The van der Waals surface area contributed by atoms with Gasteiger partial charge in [0, 0.05) is 37.1 Å². The first-order valence-corrected chi connectivity index (χ1v) is 11.0. The molecule has 3 heterocycles. The number of aryl methyl sites for hydroxylation is 1. The fourth-order valence-electron chi connectivity index (χ4n) is 3.71. The lowest BCUT2D eigenvalue weighted by molar-refractivity contribution is -0.120. The number of hydrogen-bond acceptors (Lipinski definition) is 6. The second-order valence-corrected chi connectivity index (χ2v) is 8.78. The highest BCUT2D eigenvalue weighted by Gasteiger charge is 2.30. The summed E-state index contributed by atoms with van der Waals surface area (Å²) in [5, 5.41) is 24.7. The third-order valence-corrected chi connectivity index (χ3v) is 5.45. The van der Waals surface area contributed by atoms with Gasteiger partial charge in [0.2, 0.25) is 5.91 Å². The van der Waals surface area contributed by atoms with Gasteiger partial charge in [-0.25, -0.2) is 4.79 Å². The summed E-state index contributed by atoms with van der Waals surface area (Å²) in [4.78, 5) is 27.5. The zero-order chi connectivity index (χ0) is 24.3. The Morgan fingerprint density at radius 2 is 2.15 bits per heavy atom. The Morgan fingerprint density at radius 1 is 1.32 bits per heavy atom. The summed E-state index contributed by atoms with van der Waals surface area (Å²) in [6.07, 6.45) is 6.40. The van der Waals surface area contributed by atoms with E-state index in [0.717, 1.165) is 22.5 Å². The maximum Gasteiger partial charge on any atom is 0.342 e. The molecular formula is C25H26N6O3. The van der Waals surface area contributed by atoms with Gasteiger partial charge < -0.3 is 15.3 Å². The van der Waals surface area contributed by atoms with E-state index in [0.29, 0.717) is 24.8 Å². The highest BCUT2D eigenvalue weighted by Crippen LogP contribution is 2.27. The van der Waals surface area contributed by atoms with Crippen LogP contribution in [0.3, 0.4) is 0 Å². The van der Waals surface area contributed by atoms with Crippen molar-refractivity contribution >= 4 is 17.6 Å². The molecule has 174 valence electrons. The lowest BCUT2D eigenvalue weighted by Crippen LogP contribution is -2.48. The molecule has 0 radical (unpaired) electrons. The molecule has 3 aromatic rings. The quantitative estimate of drug-likeness (QED) is 0.580. The van der Waals surface area contributed by atoms with Gasteiger partial charge in [0.05, 0.1) is 11.9 Å². The lowest BCUT2D eigenvalue weighted by atomic mass is 10.0. The number of fused-ring (bicyclic) bond motifs is 1. The minimum Gasteiger partial charge on any atom is -0.378 e. The molecule has 1 atom stereocenters. The molecule has 1 aliphatic rings. The van der Waals surface area contributed by atoms with E-state index in [2.05, 4.69) is 32.5 Å². The van der Waals surface area contributed by atoms with Gasteiger partial charge >= 0.3 is 6.03 Å². The molecule has 0 saturated heterocycles. The molecule has 2 aromatic heterocycles. The number of hydrogen-bond donors (Lipinski definition) is 2. The van der Waals surface area contributed by atoms with Crippen LogP contribution in [0.25, 0.3) is 0 Å². The van der Waals surface area contributed by atoms with Crippen molar-refractivity contribution in [3.05, 3.63) is 71.3 Å². The molecule has 0 aliphatic carbocycles. The molecule has 1 aromatic carbocycles. The van der Waals surface area contributed by atoms with Crippen LogP contribution in [0.2, 0.25) is 0 Å². The van der Waals surface area contributed by atoms with Crippen LogP contribution in [0.1, 0.15) is 42.7 Å². The maximum absolute atomic E-state index is 13.1. The first-order valence-electron chi connectivity index (χ1n) is 11.0. The number of aromatic nitrogens is 4. The van der Waals surface area contributed by atoms with Gasteiger partial charge in [0.25, 0.3) is 0 Å². The summed E-state index contributed by atoms with van der Waals surface area (Å²) in [5.74, 6) is 5.52. The van der Waals surface area contributed by atoms with Gasteiger partial charge in [-0.1, -0.05) is 17.9 Å². The molecular weight excluding hydrogens is 432 g/mol. The summed E-state index contributed by atoms with van der Waals surface area (Å²) in [6, 6.07) is 8.13. The number of carbonyl (C=O) groups is 2. The molecule has 0 fully saturated rings. The largest absolute Gasteiger partial charge is 0.378 e. The van der Waals surface area contributed by atoms with Crippen LogP contribution in [-0.4, -0.2) is 55.7 Å². The number of aliphatic hydroxyl groups is 1. The summed E-state index contributed by atoms with van der Waals surface area (Å²) < 4.78 is 1.20. The molecule has 34 heavy (non-hydrogen) atoms. The SMILES string of the molecule is CN1C(=O)[C@@H](NC(=O)n2cc(Cc3cccnn3)cn2)CCc2ccc(C#CC(C)(C)O)cc21. The molecule has 1 aliphatic heterocycles. The lowest BCUT2D eigenvalue weighted by Gasteiger charge is -2.22. The second-order valence-electron chi connectivity index (χ2n) is 8.78. The van der Waals surface area contributed by atoms with E-state index < -0.39 is 17.7 Å². The number of nitrogens with one attached hydrogen (secondary N) is 1. The monoisotopic (exact) mass is 458 g/mol. The number of nitrogens with zero attached hydrogens (tertiary/aromatic N) is 5. The smallest absolute Gasteiger partial charge is 0.342 e. The topological polar surface area (TPSA) is 113 Å². The van der Waals surface area contributed by atoms with Crippen LogP contribution in [0.15, 0.2) is 48.9 Å². The van der Waals surface area contributed by atoms with Crippen molar-refractivity contribution in [2.75, 3.05) is 11.9 Å². The number of rotatable bonds is 3. The number of likely N-dealkylation sites (N-methyl/N-ethyl adjacent to an activating group) is 1. The molecule has 0 saturated carbocycles. The summed E-state index contributed by atoms with van der Waals surface area (Å²) in [7, 11) is 1.69. The highest BCUT2D eigenvalue weighted by atomic mass is 16.3. The Kier molecular flexibility index (Phi) is 6.43. The van der Waals surface area contributed by atoms with Crippen molar-refractivity contribution in [2.45, 2.75) is 44.8 Å². The fourth-order valence-corrected chi connectivity index (χ4v) is 3.71. The van der Waals surface area contributed by atoms with Gasteiger partial charge in [-0.3, -0.25) is 4.79 Å². The standard InChI is InChI=1S/C25H26N6O3/c1-25(2,34)11-10-17-6-7-19-8-9-21(23(32)30(3)22(19)14-17)28-24(33)31-16-18(15-27-31)13-20-5-4-12-26-29-20/h4-7,12,14-16,21,34H,8-9,13H2,1-3H3,(H,28,33)/t21-/m0/s1. The number of carbonyl (C=O) groups excluding carboxylic acids is 2. The van der Waals surface area contributed by atoms with Crippen LogP contribution in [0.5, 0.6) is 0 Å². The Labute approximate surface area is 197 Å². The van der Waals surface area contributed by atoms with Crippen molar-refractivity contribution in [1.82, 2.24) is 25.3 Å². The van der Waals surface area contributed by atoms with E-state index >= 15 is 0 Å². The highest BCUT2D eigenvalue weighted by molar-refractivity contribution is 6.00. The van der Waals surface area contributed by atoms with E-state index in [1.807, 2.05) is 24.3 Å². The molecule has 9 heteroatoms. The van der Waals surface area contributed by atoms with E-state index in [9.17, 15) is 14.7 Å². The van der Waals surface area contributed by atoms with Crippen molar-refractivity contribution in [3.8, 4) is 11.8 Å². The van der Waals surface area contributed by atoms with Gasteiger partial charge in [-0.15, -0.1) is 0 Å². The van der Waals surface area contributed by atoms with Gasteiger partial charge in [0.15, 0.2) is 0 Å². The summed E-state index contributed by atoms with van der Waals surface area (Å²) in [5.41, 5.74) is 2.92. The maximum atomic E-state index is 13.1. The van der Waals surface area contributed by atoms with Crippen molar-refractivity contribution in [1.29, 1.82) is 0 Å². The molecule has 0 spiro atoms. The summed E-state index contributed by atoms with van der Waals surface area (Å²) in [6.45, 7) is 3.23. The van der Waals surface area contributed by atoms with Gasteiger partial charge in [-0.2, -0.15) is 20.0 Å². The molecule has 2 N–H and O–H groups in total. The Balaban J connectivity index is 1.46. The predicted molar refractivity (Wildman–Crippen MR) is 126 cm³/mol. The summed E-state index contributed by atoms with van der Waals surface area (Å²) >= 11 is 0. The zero-order valence-electron chi connectivity index (χ0n) is 19.3. The zero-order valence-corrected chi connectivity index (χ0v) is 19.3. The van der Waals surface area contributed by atoms with Gasteiger partial charge in [0.1, 0.15) is 11.6 Å². The van der Waals surface area contributed by atoms with E-state index in [1.165, 1.54) is 4.68 Å². The minimum absolute atomic E-state index is 0.216. The molecule has 4 rings (SSSR count). The van der Waals surface area contributed by atoms with E-state index in [-0.39, 0.29) is 5.91 Å². The van der Waals surface area contributed by atoms with Crippen molar-refractivity contribution < 1.29 is 14.7 Å². The molecule has 0 bridgehead atoms. The Hall–Kier alpha value is -4.03. The van der Waals surface area contributed by atoms with Crippen LogP contribution in [-0.2, 0) is 17.6 Å². The number of amides is 2. The van der Waals surface area contributed by atoms with E-state index in [1.54, 1.807) is 50.5 Å². The third kappa shape index (κ3) is 5.47. The normalized spacial score (nSPS) is 15.7. The Bertz CT molecular complexity index is 1270. The van der Waals surface area contributed by atoms with Crippen LogP contribution >= 0.6 is 0 Å². The minimum atomic E-state index is -1.11. The average Bonchev–Trinajstić information content (AvgIpc) is 3.24. The van der Waals surface area contributed by atoms with Crippen LogP contribution in [0.4, 0.5) is 10.5 Å². The van der Waals surface area contributed by atoms with Crippen molar-refractivity contribution in [3.63, 3.8) is 0 Å². The first kappa shape index (κ1) is 23.1. The van der Waals surface area contributed by atoms with Crippen LogP contribution in [0, 0.1) is 11.8 Å².